The predicted molar refractivity (Wildman–Crippen MR) is 84.6 cm³/mol. The highest BCUT2D eigenvalue weighted by Crippen LogP contribution is 2.22. The summed E-state index contributed by atoms with van der Waals surface area (Å²) in [5, 5.41) is 10.7. The Morgan fingerprint density at radius 3 is 2.83 bits per heavy atom. The van der Waals surface area contributed by atoms with Crippen molar-refractivity contribution < 1.29 is 13.9 Å². The van der Waals surface area contributed by atoms with E-state index in [0.717, 1.165) is 5.56 Å². The van der Waals surface area contributed by atoms with Gasteiger partial charge in [-0.25, -0.2) is 9.18 Å². The molecule has 2 atom stereocenters. The van der Waals surface area contributed by atoms with Gasteiger partial charge in [0, 0.05) is 13.6 Å². The maximum atomic E-state index is 13.0. The SMILES string of the molecule is C[C@@H](NC(=O)N1CCO[C@@H](c2ccc(F)cc2)C1)c1nncn1C. The number of halogens is 1. The first-order valence-corrected chi connectivity index (χ1v) is 7.81. The average molecular weight is 333 g/mol. The van der Waals surface area contributed by atoms with E-state index in [-0.39, 0.29) is 24.0 Å². The van der Waals surface area contributed by atoms with E-state index in [1.807, 2.05) is 14.0 Å². The number of hydrogen-bond acceptors (Lipinski definition) is 4. The second kappa shape index (κ2) is 6.96. The van der Waals surface area contributed by atoms with Gasteiger partial charge in [0.2, 0.25) is 0 Å². The number of hydrogen-bond donors (Lipinski definition) is 1. The smallest absolute Gasteiger partial charge is 0.318 e. The summed E-state index contributed by atoms with van der Waals surface area (Å²) < 4.78 is 20.5. The minimum absolute atomic E-state index is 0.180. The second-order valence-corrected chi connectivity index (χ2v) is 5.83. The number of carbonyl (C=O) groups excluding carboxylic acids is 1. The van der Waals surface area contributed by atoms with Crippen molar-refractivity contribution in [3.05, 3.63) is 47.8 Å². The Morgan fingerprint density at radius 2 is 2.17 bits per heavy atom. The zero-order chi connectivity index (χ0) is 17.1. The number of benzene rings is 1. The predicted octanol–water partition coefficient (Wildman–Crippen LogP) is 1.80. The maximum absolute atomic E-state index is 13.0. The van der Waals surface area contributed by atoms with Crippen LogP contribution in [0.25, 0.3) is 0 Å². The van der Waals surface area contributed by atoms with Crippen LogP contribution in [0.15, 0.2) is 30.6 Å². The normalized spacial score (nSPS) is 19.1. The molecule has 8 heteroatoms. The van der Waals surface area contributed by atoms with Crippen LogP contribution in [-0.4, -0.2) is 45.4 Å². The van der Waals surface area contributed by atoms with Crippen molar-refractivity contribution >= 4 is 6.03 Å². The molecule has 2 amide bonds. The fraction of sp³-hybridized carbons (Fsp3) is 0.438. The fourth-order valence-corrected chi connectivity index (χ4v) is 2.74. The summed E-state index contributed by atoms with van der Waals surface area (Å²) in [7, 11) is 1.83. The molecule has 1 aromatic carbocycles. The molecule has 7 nitrogen and oxygen atoms in total. The number of morpholine rings is 1. The average Bonchev–Trinajstić information content (AvgIpc) is 3.02. The molecule has 1 aliphatic heterocycles. The molecule has 0 aliphatic carbocycles. The third-order valence-electron chi connectivity index (χ3n) is 4.07. The first-order valence-electron chi connectivity index (χ1n) is 7.81. The zero-order valence-electron chi connectivity index (χ0n) is 13.6. The van der Waals surface area contributed by atoms with Crippen LogP contribution in [0.3, 0.4) is 0 Å². The van der Waals surface area contributed by atoms with Gasteiger partial charge in [-0.3, -0.25) is 0 Å². The van der Waals surface area contributed by atoms with E-state index < -0.39 is 0 Å². The minimum atomic E-state index is -0.290. The second-order valence-electron chi connectivity index (χ2n) is 5.83. The van der Waals surface area contributed by atoms with Gasteiger partial charge in [-0.1, -0.05) is 12.1 Å². The van der Waals surface area contributed by atoms with Crippen molar-refractivity contribution in [2.24, 2.45) is 7.05 Å². The van der Waals surface area contributed by atoms with Crippen LogP contribution in [-0.2, 0) is 11.8 Å². The van der Waals surface area contributed by atoms with Crippen molar-refractivity contribution in [2.45, 2.75) is 19.1 Å². The topological polar surface area (TPSA) is 72.3 Å². The van der Waals surface area contributed by atoms with Crippen molar-refractivity contribution in [1.82, 2.24) is 25.0 Å². The number of aromatic nitrogens is 3. The molecule has 2 aromatic rings. The Kier molecular flexibility index (Phi) is 4.75. The van der Waals surface area contributed by atoms with Gasteiger partial charge >= 0.3 is 6.03 Å². The lowest BCUT2D eigenvalue weighted by atomic mass is 10.1. The molecule has 0 saturated carbocycles. The molecule has 24 heavy (non-hydrogen) atoms. The number of nitrogens with one attached hydrogen (secondary N) is 1. The minimum Gasteiger partial charge on any atom is -0.370 e. The maximum Gasteiger partial charge on any atom is 0.318 e. The lowest BCUT2D eigenvalue weighted by molar-refractivity contribution is -0.0158. The number of urea groups is 1. The lowest BCUT2D eigenvalue weighted by Crippen LogP contribution is -2.47. The van der Waals surface area contributed by atoms with Gasteiger partial charge in [0.1, 0.15) is 18.2 Å². The molecule has 128 valence electrons. The van der Waals surface area contributed by atoms with E-state index in [1.54, 1.807) is 27.9 Å². The van der Waals surface area contributed by atoms with E-state index in [2.05, 4.69) is 15.5 Å². The van der Waals surface area contributed by atoms with Gasteiger partial charge in [-0.15, -0.1) is 10.2 Å². The molecule has 1 fully saturated rings. The van der Waals surface area contributed by atoms with Crippen LogP contribution >= 0.6 is 0 Å². The molecule has 3 rings (SSSR count). The molecular weight excluding hydrogens is 313 g/mol. The number of nitrogens with zero attached hydrogens (tertiary/aromatic N) is 4. The fourth-order valence-electron chi connectivity index (χ4n) is 2.74. The molecule has 1 N–H and O–H groups in total. The third-order valence-corrected chi connectivity index (χ3v) is 4.07. The Morgan fingerprint density at radius 1 is 1.42 bits per heavy atom. The largest absolute Gasteiger partial charge is 0.370 e. The summed E-state index contributed by atoms with van der Waals surface area (Å²) in [5.74, 6) is 0.397. The summed E-state index contributed by atoms with van der Waals surface area (Å²) in [6.07, 6.45) is 1.34. The molecule has 0 unspecified atom stereocenters. The monoisotopic (exact) mass is 333 g/mol. The highest BCUT2D eigenvalue weighted by atomic mass is 19.1. The standard InChI is InChI=1S/C16H20FN5O2/c1-11(15-20-18-10-21(15)2)19-16(23)22-7-8-24-14(9-22)12-3-5-13(17)6-4-12/h3-6,10-11,14H,7-9H2,1-2H3,(H,19,23)/t11-,14-/m1/s1. The van der Waals surface area contributed by atoms with E-state index in [9.17, 15) is 9.18 Å². The van der Waals surface area contributed by atoms with Crippen LogP contribution in [0.2, 0.25) is 0 Å². The van der Waals surface area contributed by atoms with E-state index in [0.29, 0.717) is 25.5 Å². The van der Waals surface area contributed by atoms with Crippen LogP contribution in [0.4, 0.5) is 9.18 Å². The number of amides is 2. The Hall–Kier alpha value is -2.48. The molecule has 1 saturated heterocycles. The zero-order valence-corrected chi connectivity index (χ0v) is 13.6. The van der Waals surface area contributed by atoms with Crippen LogP contribution in [0, 0.1) is 5.82 Å². The van der Waals surface area contributed by atoms with Crippen molar-refractivity contribution in [2.75, 3.05) is 19.7 Å². The number of aryl methyl sites for hydroxylation is 1. The summed E-state index contributed by atoms with van der Waals surface area (Å²) >= 11 is 0. The van der Waals surface area contributed by atoms with Gasteiger partial charge in [-0.05, 0) is 24.6 Å². The van der Waals surface area contributed by atoms with Crippen LogP contribution in [0.1, 0.15) is 30.5 Å². The molecule has 0 bridgehead atoms. The molecular formula is C16H20FN5O2. The Balaban J connectivity index is 1.62. The number of rotatable bonds is 3. The summed E-state index contributed by atoms with van der Waals surface area (Å²) in [6.45, 7) is 3.23. The molecule has 2 heterocycles. The van der Waals surface area contributed by atoms with Gasteiger partial charge in [-0.2, -0.15) is 0 Å². The van der Waals surface area contributed by atoms with Gasteiger partial charge < -0.3 is 19.5 Å². The van der Waals surface area contributed by atoms with Crippen LogP contribution < -0.4 is 5.32 Å². The highest BCUT2D eigenvalue weighted by molar-refractivity contribution is 5.74. The van der Waals surface area contributed by atoms with Crippen LogP contribution in [0.5, 0.6) is 0 Å². The number of ether oxygens (including phenoxy) is 1. The highest BCUT2D eigenvalue weighted by Gasteiger charge is 2.27. The lowest BCUT2D eigenvalue weighted by Gasteiger charge is -2.33. The van der Waals surface area contributed by atoms with Gasteiger partial charge in [0.05, 0.1) is 19.2 Å². The third kappa shape index (κ3) is 3.53. The van der Waals surface area contributed by atoms with Crippen molar-refractivity contribution in [3.8, 4) is 0 Å². The molecule has 0 radical (unpaired) electrons. The number of carbonyl (C=O) groups is 1. The van der Waals surface area contributed by atoms with Gasteiger partial charge in [0.15, 0.2) is 5.82 Å². The van der Waals surface area contributed by atoms with Crippen molar-refractivity contribution in [1.29, 1.82) is 0 Å². The summed E-state index contributed by atoms with van der Waals surface area (Å²) in [5.41, 5.74) is 0.857. The van der Waals surface area contributed by atoms with E-state index in [1.165, 1.54) is 12.1 Å². The van der Waals surface area contributed by atoms with Gasteiger partial charge in [0.25, 0.3) is 0 Å². The molecule has 1 aromatic heterocycles. The molecule has 1 aliphatic rings. The first kappa shape index (κ1) is 16.4. The first-order chi connectivity index (χ1) is 11.5. The van der Waals surface area contributed by atoms with E-state index >= 15 is 0 Å². The summed E-state index contributed by atoms with van der Waals surface area (Å²) in [4.78, 5) is 14.2. The molecule has 0 spiro atoms. The Bertz CT molecular complexity index is 703. The van der Waals surface area contributed by atoms with E-state index in [4.69, 9.17) is 4.74 Å². The quantitative estimate of drug-likeness (QED) is 0.930. The van der Waals surface area contributed by atoms with Crippen molar-refractivity contribution in [3.63, 3.8) is 0 Å². The summed E-state index contributed by atoms with van der Waals surface area (Å²) in [6, 6.07) is 5.73. The Labute approximate surface area is 139 Å².